The Labute approximate surface area is 172 Å². The average Bonchev–Trinajstić information content (AvgIpc) is 2.67. The number of morpholine rings is 1. The number of halogens is 1. The molecule has 0 radical (unpaired) electrons. The summed E-state index contributed by atoms with van der Waals surface area (Å²) < 4.78 is 5.74. The quantitative estimate of drug-likeness (QED) is 0.814. The highest BCUT2D eigenvalue weighted by Crippen LogP contribution is 2.20. The van der Waals surface area contributed by atoms with Crippen LogP contribution < -0.4 is 5.32 Å². The van der Waals surface area contributed by atoms with E-state index in [1.165, 1.54) is 0 Å². The van der Waals surface area contributed by atoms with Gasteiger partial charge in [-0.1, -0.05) is 11.6 Å². The van der Waals surface area contributed by atoms with Gasteiger partial charge in [0.2, 0.25) is 5.91 Å². The fourth-order valence-electron chi connectivity index (χ4n) is 4.07. The highest BCUT2D eigenvalue weighted by atomic mass is 35.5. The molecular formula is C21H30ClN3O3. The summed E-state index contributed by atoms with van der Waals surface area (Å²) in [4.78, 5) is 29.2. The summed E-state index contributed by atoms with van der Waals surface area (Å²) in [7, 11) is 0. The fourth-order valence-corrected chi connectivity index (χ4v) is 4.19. The van der Waals surface area contributed by atoms with E-state index in [0.29, 0.717) is 43.1 Å². The Morgan fingerprint density at radius 1 is 1.11 bits per heavy atom. The van der Waals surface area contributed by atoms with E-state index in [1.807, 2.05) is 4.90 Å². The molecule has 2 amide bonds. The number of rotatable bonds is 5. The lowest BCUT2D eigenvalue weighted by Crippen LogP contribution is -2.48. The summed E-state index contributed by atoms with van der Waals surface area (Å²) in [5, 5.41) is 3.69. The number of nitrogens with zero attached hydrogens (tertiary/aromatic N) is 2. The van der Waals surface area contributed by atoms with Crippen molar-refractivity contribution >= 4 is 23.4 Å². The van der Waals surface area contributed by atoms with E-state index in [-0.39, 0.29) is 29.9 Å². The zero-order valence-corrected chi connectivity index (χ0v) is 17.5. The minimum Gasteiger partial charge on any atom is -0.373 e. The van der Waals surface area contributed by atoms with Gasteiger partial charge in [-0.2, -0.15) is 0 Å². The Hall–Kier alpha value is -1.63. The average molecular weight is 408 g/mol. The molecule has 2 unspecified atom stereocenters. The molecule has 6 nitrogen and oxygen atoms in total. The molecule has 7 heteroatoms. The predicted molar refractivity (Wildman–Crippen MR) is 110 cm³/mol. The molecule has 2 saturated heterocycles. The maximum Gasteiger partial charge on any atom is 0.253 e. The van der Waals surface area contributed by atoms with Gasteiger partial charge in [-0.3, -0.25) is 14.5 Å². The number of likely N-dealkylation sites (tertiary alicyclic amines) is 1. The van der Waals surface area contributed by atoms with Gasteiger partial charge >= 0.3 is 0 Å². The number of nitrogens with one attached hydrogen (secondary N) is 1. The van der Waals surface area contributed by atoms with E-state index in [9.17, 15) is 9.59 Å². The van der Waals surface area contributed by atoms with Gasteiger partial charge in [-0.05, 0) is 51.0 Å². The topological polar surface area (TPSA) is 61.9 Å². The summed E-state index contributed by atoms with van der Waals surface area (Å²) in [6.45, 7) is 8.70. The van der Waals surface area contributed by atoms with Crippen LogP contribution in [0.25, 0.3) is 0 Å². The Bertz CT molecular complexity index is 664. The van der Waals surface area contributed by atoms with Gasteiger partial charge in [0.15, 0.2) is 0 Å². The molecule has 0 bridgehead atoms. The summed E-state index contributed by atoms with van der Waals surface area (Å²) >= 11 is 5.88. The van der Waals surface area contributed by atoms with Crippen LogP contribution >= 0.6 is 11.6 Å². The molecule has 0 saturated carbocycles. The van der Waals surface area contributed by atoms with Crippen LogP contribution in [0.2, 0.25) is 5.02 Å². The molecule has 2 heterocycles. The number of hydrogen-bond donors (Lipinski definition) is 1. The second-order valence-electron chi connectivity index (χ2n) is 7.88. The van der Waals surface area contributed by atoms with Gasteiger partial charge in [0.1, 0.15) is 0 Å². The Kier molecular flexibility index (Phi) is 7.32. The predicted octanol–water partition coefficient (Wildman–Crippen LogP) is 2.42. The van der Waals surface area contributed by atoms with E-state index in [1.54, 1.807) is 24.3 Å². The SMILES string of the molecule is CC1CN(CCNC(=O)C2CCN(C(=O)c3ccc(Cl)cc3)CC2)CC(C)O1. The van der Waals surface area contributed by atoms with Crippen molar-refractivity contribution in [3.8, 4) is 0 Å². The third-order valence-electron chi connectivity index (χ3n) is 5.47. The van der Waals surface area contributed by atoms with Crippen LogP contribution in [0.5, 0.6) is 0 Å². The van der Waals surface area contributed by atoms with Crippen molar-refractivity contribution in [2.45, 2.75) is 38.9 Å². The molecule has 1 aromatic carbocycles. The number of carbonyl (C=O) groups is 2. The van der Waals surface area contributed by atoms with E-state index in [2.05, 4.69) is 24.1 Å². The molecule has 1 N–H and O–H groups in total. The van der Waals surface area contributed by atoms with Crippen LogP contribution in [-0.2, 0) is 9.53 Å². The summed E-state index contributed by atoms with van der Waals surface area (Å²) in [6.07, 6.45) is 1.89. The lowest BCUT2D eigenvalue weighted by atomic mass is 9.95. The highest BCUT2D eigenvalue weighted by molar-refractivity contribution is 6.30. The van der Waals surface area contributed by atoms with Crippen molar-refractivity contribution in [3.05, 3.63) is 34.9 Å². The maximum absolute atomic E-state index is 12.6. The summed E-state index contributed by atoms with van der Waals surface area (Å²) in [5.74, 6) is 0.0934. The smallest absolute Gasteiger partial charge is 0.253 e. The van der Waals surface area contributed by atoms with Crippen molar-refractivity contribution in [2.75, 3.05) is 39.3 Å². The number of ether oxygens (including phenoxy) is 1. The summed E-state index contributed by atoms with van der Waals surface area (Å²) in [6, 6.07) is 6.95. The van der Waals surface area contributed by atoms with Crippen LogP contribution in [-0.4, -0.2) is 73.1 Å². The van der Waals surface area contributed by atoms with E-state index in [0.717, 1.165) is 19.6 Å². The first-order valence-electron chi connectivity index (χ1n) is 10.1. The second-order valence-corrected chi connectivity index (χ2v) is 8.32. The van der Waals surface area contributed by atoms with E-state index in [4.69, 9.17) is 16.3 Å². The first-order valence-corrected chi connectivity index (χ1v) is 10.5. The molecule has 0 aromatic heterocycles. The second kappa shape index (κ2) is 9.72. The third kappa shape index (κ3) is 5.69. The molecular weight excluding hydrogens is 378 g/mol. The van der Waals surface area contributed by atoms with Gasteiger partial charge in [-0.15, -0.1) is 0 Å². The van der Waals surface area contributed by atoms with Crippen LogP contribution in [0, 0.1) is 5.92 Å². The van der Waals surface area contributed by atoms with E-state index < -0.39 is 0 Å². The minimum absolute atomic E-state index is 0.00563. The molecule has 2 aliphatic heterocycles. The molecule has 2 fully saturated rings. The largest absolute Gasteiger partial charge is 0.373 e. The van der Waals surface area contributed by atoms with Crippen LogP contribution in [0.15, 0.2) is 24.3 Å². The first-order chi connectivity index (χ1) is 13.4. The number of benzene rings is 1. The van der Waals surface area contributed by atoms with Crippen LogP contribution in [0.4, 0.5) is 0 Å². The first kappa shape index (κ1) is 21.1. The Morgan fingerprint density at radius 2 is 1.71 bits per heavy atom. The van der Waals surface area contributed by atoms with Gasteiger partial charge < -0.3 is 15.0 Å². The van der Waals surface area contributed by atoms with Crippen LogP contribution in [0.3, 0.4) is 0 Å². The molecule has 3 rings (SSSR count). The molecule has 154 valence electrons. The van der Waals surface area contributed by atoms with Gasteiger partial charge in [0.05, 0.1) is 12.2 Å². The fraction of sp³-hybridized carbons (Fsp3) is 0.619. The zero-order valence-electron chi connectivity index (χ0n) is 16.7. The maximum atomic E-state index is 12.6. The molecule has 28 heavy (non-hydrogen) atoms. The molecule has 0 spiro atoms. The third-order valence-corrected chi connectivity index (χ3v) is 5.72. The van der Waals surface area contributed by atoms with Gasteiger partial charge in [0.25, 0.3) is 5.91 Å². The van der Waals surface area contributed by atoms with Crippen molar-refractivity contribution in [2.24, 2.45) is 5.92 Å². The lowest BCUT2D eigenvalue weighted by Gasteiger charge is -2.35. The van der Waals surface area contributed by atoms with Gasteiger partial charge in [-0.25, -0.2) is 0 Å². The zero-order chi connectivity index (χ0) is 20.1. The van der Waals surface area contributed by atoms with Crippen LogP contribution in [0.1, 0.15) is 37.0 Å². The van der Waals surface area contributed by atoms with Crippen molar-refractivity contribution in [1.29, 1.82) is 0 Å². The van der Waals surface area contributed by atoms with Crippen molar-refractivity contribution in [3.63, 3.8) is 0 Å². The molecule has 0 aliphatic carbocycles. The molecule has 2 atom stereocenters. The number of piperidine rings is 1. The van der Waals surface area contributed by atoms with Gasteiger partial charge in [0, 0.05) is 55.8 Å². The standard InChI is InChI=1S/C21H30ClN3O3/c1-15-13-24(14-16(2)28-15)12-9-23-20(26)17-7-10-25(11-8-17)21(27)18-3-5-19(22)6-4-18/h3-6,15-17H,7-14H2,1-2H3,(H,23,26). The number of hydrogen-bond acceptors (Lipinski definition) is 4. The lowest BCUT2D eigenvalue weighted by molar-refractivity contribution is -0.126. The summed E-state index contributed by atoms with van der Waals surface area (Å²) in [5.41, 5.74) is 0.640. The monoisotopic (exact) mass is 407 g/mol. The highest BCUT2D eigenvalue weighted by Gasteiger charge is 2.28. The van der Waals surface area contributed by atoms with Crippen molar-refractivity contribution in [1.82, 2.24) is 15.1 Å². The minimum atomic E-state index is -0.0168. The normalized spacial score (nSPS) is 24.2. The Morgan fingerprint density at radius 3 is 2.32 bits per heavy atom. The Balaban J connectivity index is 1.39. The molecule has 1 aromatic rings. The number of carbonyl (C=O) groups excluding carboxylic acids is 2. The van der Waals surface area contributed by atoms with E-state index >= 15 is 0 Å². The number of amides is 2. The van der Waals surface area contributed by atoms with Crippen molar-refractivity contribution < 1.29 is 14.3 Å². The molecule has 2 aliphatic rings.